The van der Waals surface area contributed by atoms with Crippen LogP contribution in [0.4, 0.5) is 11.5 Å². The number of hydrogen-bond donors (Lipinski definition) is 1. The first-order valence-corrected chi connectivity index (χ1v) is 7.04. The third kappa shape index (κ3) is 3.08. The van der Waals surface area contributed by atoms with Crippen LogP contribution >= 0.6 is 0 Å². The fourth-order valence-corrected chi connectivity index (χ4v) is 2.46. The van der Waals surface area contributed by atoms with Gasteiger partial charge in [0.05, 0.1) is 25.1 Å². The van der Waals surface area contributed by atoms with E-state index in [4.69, 9.17) is 9.47 Å². The highest BCUT2D eigenvalue weighted by molar-refractivity contribution is 5.93. The van der Waals surface area contributed by atoms with Crippen LogP contribution < -0.4 is 10.2 Å². The molecule has 1 N–H and O–H groups in total. The molecule has 2 aliphatic heterocycles. The zero-order valence-electron chi connectivity index (χ0n) is 11.4. The maximum Gasteiger partial charge on any atom is 0.254 e. The largest absolute Gasteiger partial charge is 0.378 e. The Balaban J connectivity index is 1.59. The van der Waals surface area contributed by atoms with E-state index in [1.165, 1.54) is 0 Å². The number of carbonyl (C=O) groups excluding carboxylic acids is 1. The van der Waals surface area contributed by atoms with Crippen molar-refractivity contribution < 1.29 is 14.3 Å². The van der Waals surface area contributed by atoms with Gasteiger partial charge < -0.3 is 19.7 Å². The molecule has 20 heavy (non-hydrogen) atoms. The van der Waals surface area contributed by atoms with Gasteiger partial charge in [0.2, 0.25) is 0 Å². The Bertz CT molecular complexity index is 451. The van der Waals surface area contributed by atoms with E-state index in [1.54, 1.807) is 6.20 Å². The maximum atomic E-state index is 11.9. The molecule has 0 aliphatic carbocycles. The van der Waals surface area contributed by atoms with Gasteiger partial charge in [-0.25, -0.2) is 4.98 Å². The number of nitrogens with zero attached hydrogens (tertiary/aromatic N) is 2. The SMILES string of the molecule is O=C(Nc1ccc(N2CCOCC2)cn1)C1CCCO1. The lowest BCUT2D eigenvalue weighted by atomic mass is 10.2. The molecule has 1 atom stereocenters. The van der Waals surface area contributed by atoms with Crippen LogP contribution in [0.3, 0.4) is 0 Å². The van der Waals surface area contributed by atoms with Crippen molar-refractivity contribution in [3.63, 3.8) is 0 Å². The number of pyridine rings is 1. The second-order valence-corrected chi connectivity index (χ2v) is 4.99. The lowest BCUT2D eigenvalue weighted by Gasteiger charge is -2.28. The van der Waals surface area contributed by atoms with Gasteiger partial charge in [0.25, 0.3) is 5.91 Å². The summed E-state index contributed by atoms with van der Waals surface area (Å²) in [7, 11) is 0. The average Bonchev–Trinajstić information content (AvgIpc) is 3.03. The first kappa shape index (κ1) is 13.3. The molecule has 1 aromatic rings. The Morgan fingerprint density at radius 2 is 2.15 bits per heavy atom. The molecule has 2 aliphatic rings. The summed E-state index contributed by atoms with van der Waals surface area (Å²) in [5.74, 6) is 0.469. The number of aromatic nitrogens is 1. The van der Waals surface area contributed by atoms with E-state index >= 15 is 0 Å². The lowest BCUT2D eigenvalue weighted by molar-refractivity contribution is -0.124. The molecule has 0 aromatic carbocycles. The molecule has 1 aromatic heterocycles. The summed E-state index contributed by atoms with van der Waals surface area (Å²) < 4.78 is 10.7. The van der Waals surface area contributed by atoms with Crippen LogP contribution in [0.1, 0.15) is 12.8 Å². The van der Waals surface area contributed by atoms with E-state index < -0.39 is 0 Å². The summed E-state index contributed by atoms with van der Waals surface area (Å²) in [5, 5.41) is 2.80. The first-order chi connectivity index (χ1) is 9.83. The van der Waals surface area contributed by atoms with Gasteiger partial charge in [0.15, 0.2) is 0 Å². The molecule has 6 nitrogen and oxygen atoms in total. The van der Waals surface area contributed by atoms with Crippen LogP contribution in [0, 0.1) is 0 Å². The molecule has 0 radical (unpaired) electrons. The highest BCUT2D eigenvalue weighted by Gasteiger charge is 2.23. The number of morpholine rings is 1. The normalized spacial score (nSPS) is 22.8. The summed E-state index contributed by atoms with van der Waals surface area (Å²) >= 11 is 0. The highest BCUT2D eigenvalue weighted by atomic mass is 16.5. The zero-order valence-corrected chi connectivity index (χ0v) is 11.4. The summed E-state index contributed by atoms with van der Waals surface area (Å²) in [6.07, 6.45) is 3.20. The average molecular weight is 277 g/mol. The Labute approximate surface area is 118 Å². The predicted molar refractivity (Wildman–Crippen MR) is 74.9 cm³/mol. The molecule has 3 rings (SSSR count). The van der Waals surface area contributed by atoms with Crippen molar-refractivity contribution in [3.8, 4) is 0 Å². The van der Waals surface area contributed by atoms with E-state index in [2.05, 4.69) is 15.2 Å². The van der Waals surface area contributed by atoms with Crippen LogP contribution in [0.15, 0.2) is 18.3 Å². The monoisotopic (exact) mass is 277 g/mol. The maximum absolute atomic E-state index is 11.9. The Hall–Kier alpha value is -1.66. The Kier molecular flexibility index (Phi) is 4.13. The van der Waals surface area contributed by atoms with E-state index in [0.717, 1.165) is 44.8 Å². The van der Waals surface area contributed by atoms with Crippen molar-refractivity contribution in [1.82, 2.24) is 4.98 Å². The number of ether oxygens (including phenoxy) is 2. The molecule has 2 saturated heterocycles. The van der Waals surface area contributed by atoms with Crippen molar-refractivity contribution in [2.24, 2.45) is 0 Å². The molecular formula is C14H19N3O3. The van der Waals surface area contributed by atoms with Crippen LogP contribution in [0.2, 0.25) is 0 Å². The van der Waals surface area contributed by atoms with Crippen molar-refractivity contribution in [2.75, 3.05) is 43.1 Å². The van der Waals surface area contributed by atoms with Gasteiger partial charge in [-0.15, -0.1) is 0 Å². The standard InChI is InChI=1S/C14H19N3O3/c18-14(12-2-1-7-20-12)16-13-4-3-11(10-15-13)17-5-8-19-9-6-17/h3-4,10,12H,1-2,5-9H2,(H,15,16,18). The number of hydrogen-bond acceptors (Lipinski definition) is 5. The molecule has 0 saturated carbocycles. The van der Waals surface area contributed by atoms with Crippen molar-refractivity contribution >= 4 is 17.4 Å². The van der Waals surface area contributed by atoms with E-state index in [1.807, 2.05) is 12.1 Å². The number of anilines is 2. The first-order valence-electron chi connectivity index (χ1n) is 7.04. The van der Waals surface area contributed by atoms with Crippen molar-refractivity contribution in [2.45, 2.75) is 18.9 Å². The van der Waals surface area contributed by atoms with E-state index in [-0.39, 0.29) is 12.0 Å². The fraction of sp³-hybridized carbons (Fsp3) is 0.571. The topological polar surface area (TPSA) is 63.7 Å². The van der Waals surface area contributed by atoms with Gasteiger partial charge in [-0.3, -0.25) is 4.79 Å². The van der Waals surface area contributed by atoms with Crippen LogP contribution in [-0.4, -0.2) is 49.9 Å². The van der Waals surface area contributed by atoms with E-state index in [0.29, 0.717) is 12.4 Å². The highest BCUT2D eigenvalue weighted by Crippen LogP contribution is 2.18. The predicted octanol–water partition coefficient (Wildman–Crippen LogP) is 1.04. The third-order valence-electron chi connectivity index (χ3n) is 3.60. The zero-order chi connectivity index (χ0) is 13.8. The third-order valence-corrected chi connectivity index (χ3v) is 3.60. The number of carbonyl (C=O) groups is 1. The number of rotatable bonds is 3. The summed E-state index contributed by atoms with van der Waals surface area (Å²) in [6, 6.07) is 3.81. The minimum Gasteiger partial charge on any atom is -0.378 e. The number of amides is 1. The summed E-state index contributed by atoms with van der Waals surface area (Å²) in [4.78, 5) is 18.4. The van der Waals surface area contributed by atoms with Crippen LogP contribution in [0.25, 0.3) is 0 Å². The molecule has 6 heteroatoms. The minimum atomic E-state index is -0.323. The van der Waals surface area contributed by atoms with Crippen molar-refractivity contribution in [3.05, 3.63) is 18.3 Å². The van der Waals surface area contributed by atoms with Gasteiger partial charge >= 0.3 is 0 Å². The van der Waals surface area contributed by atoms with Gasteiger partial charge in [-0.05, 0) is 25.0 Å². The van der Waals surface area contributed by atoms with Gasteiger partial charge in [-0.1, -0.05) is 0 Å². The quantitative estimate of drug-likeness (QED) is 0.894. The van der Waals surface area contributed by atoms with Gasteiger partial charge in [-0.2, -0.15) is 0 Å². The summed E-state index contributed by atoms with van der Waals surface area (Å²) in [6.45, 7) is 3.92. The van der Waals surface area contributed by atoms with E-state index in [9.17, 15) is 4.79 Å². The second-order valence-electron chi connectivity index (χ2n) is 4.99. The molecule has 1 unspecified atom stereocenters. The van der Waals surface area contributed by atoms with Crippen LogP contribution in [-0.2, 0) is 14.3 Å². The molecule has 108 valence electrons. The molecule has 2 fully saturated rings. The lowest BCUT2D eigenvalue weighted by Crippen LogP contribution is -2.36. The summed E-state index contributed by atoms with van der Waals surface area (Å²) in [5.41, 5.74) is 1.06. The molecule has 0 spiro atoms. The number of nitrogens with one attached hydrogen (secondary N) is 1. The van der Waals surface area contributed by atoms with Crippen LogP contribution in [0.5, 0.6) is 0 Å². The van der Waals surface area contributed by atoms with Gasteiger partial charge in [0, 0.05) is 19.7 Å². The molecule has 1 amide bonds. The molecular weight excluding hydrogens is 258 g/mol. The molecule has 0 bridgehead atoms. The Morgan fingerprint density at radius 3 is 2.80 bits per heavy atom. The Morgan fingerprint density at radius 1 is 1.30 bits per heavy atom. The smallest absolute Gasteiger partial charge is 0.254 e. The van der Waals surface area contributed by atoms with Crippen molar-refractivity contribution in [1.29, 1.82) is 0 Å². The fourth-order valence-electron chi connectivity index (χ4n) is 2.46. The minimum absolute atomic E-state index is 0.103. The molecule has 3 heterocycles. The van der Waals surface area contributed by atoms with Gasteiger partial charge in [0.1, 0.15) is 11.9 Å². The second kappa shape index (κ2) is 6.19.